The second-order valence-electron chi connectivity index (χ2n) is 7.73. The lowest BCUT2D eigenvalue weighted by Gasteiger charge is -2.16. The number of amides is 1. The van der Waals surface area contributed by atoms with E-state index in [0.29, 0.717) is 24.1 Å². The number of aromatic nitrogens is 4. The molecule has 0 bridgehead atoms. The fourth-order valence-corrected chi connectivity index (χ4v) is 3.46. The summed E-state index contributed by atoms with van der Waals surface area (Å²) in [6.45, 7) is 0. The first-order valence-electron chi connectivity index (χ1n) is 10.5. The van der Waals surface area contributed by atoms with Crippen molar-refractivity contribution < 1.29 is 24.6 Å². The van der Waals surface area contributed by atoms with Crippen LogP contribution in [0.5, 0.6) is 0 Å². The molecule has 35 heavy (non-hydrogen) atoms. The maximum Gasteiger partial charge on any atom is 0.326 e. The highest BCUT2D eigenvalue weighted by atomic mass is 16.4. The number of nitrogens with zero attached hydrogens (tertiary/aromatic N) is 4. The molecule has 180 valence electrons. The van der Waals surface area contributed by atoms with Gasteiger partial charge >= 0.3 is 11.9 Å². The molecule has 2 aromatic heterocycles. The molecule has 0 aliphatic rings. The van der Waals surface area contributed by atoms with Gasteiger partial charge in [-0.1, -0.05) is 12.1 Å². The van der Waals surface area contributed by atoms with Gasteiger partial charge in [0, 0.05) is 24.3 Å². The Morgan fingerprint density at radius 1 is 1.09 bits per heavy atom. The highest BCUT2D eigenvalue weighted by Gasteiger charge is 2.22. The first-order valence-corrected chi connectivity index (χ1v) is 10.5. The lowest BCUT2D eigenvalue weighted by molar-refractivity contribution is -0.140. The summed E-state index contributed by atoms with van der Waals surface area (Å²) < 4.78 is 0. The van der Waals surface area contributed by atoms with Crippen molar-refractivity contribution in [2.24, 2.45) is 0 Å². The lowest BCUT2D eigenvalue weighted by atomic mass is 9.91. The van der Waals surface area contributed by atoms with Crippen molar-refractivity contribution in [1.82, 2.24) is 25.3 Å². The Hall–Kier alpha value is -4.79. The number of anilines is 2. The van der Waals surface area contributed by atoms with Gasteiger partial charge in [-0.2, -0.15) is 9.97 Å². The average Bonchev–Trinajstić information content (AvgIpc) is 2.81. The number of benzene rings is 1. The van der Waals surface area contributed by atoms with Crippen molar-refractivity contribution in [1.29, 1.82) is 0 Å². The van der Waals surface area contributed by atoms with Crippen molar-refractivity contribution in [3.8, 4) is 12.3 Å². The molecule has 2 heterocycles. The molecule has 0 fully saturated rings. The molecule has 1 amide bonds. The van der Waals surface area contributed by atoms with Crippen molar-refractivity contribution in [3.05, 3.63) is 47.3 Å². The number of fused-ring (bicyclic) bond motifs is 1. The fourth-order valence-electron chi connectivity index (χ4n) is 3.46. The molecule has 1 aromatic carbocycles. The number of carboxylic acids is 2. The summed E-state index contributed by atoms with van der Waals surface area (Å²) in [6.07, 6.45) is 7.32. The van der Waals surface area contributed by atoms with Crippen LogP contribution in [0.4, 0.5) is 11.8 Å². The second kappa shape index (κ2) is 10.9. The van der Waals surface area contributed by atoms with E-state index in [1.54, 1.807) is 30.5 Å². The number of rotatable bonds is 10. The third-order valence-electron chi connectivity index (χ3n) is 5.22. The van der Waals surface area contributed by atoms with Crippen LogP contribution in [0.25, 0.3) is 11.2 Å². The largest absolute Gasteiger partial charge is 0.481 e. The number of aliphatic carboxylic acids is 2. The van der Waals surface area contributed by atoms with Crippen LogP contribution in [0.15, 0.2) is 30.5 Å². The number of terminal acetylenes is 1. The number of carbonyl (C=O) groups is 3. The van der Waals surface area contributed by atoms with E-state index < -0.39 is 23.9 Å². The van der Waals surface area contributed by atoms with E-state index >= 15 is 0 Å². The second-order valence-corrected chi connectivity index (χ2v) is 7.73. The maximum atomic E-state index is 12.5. The Labute approximate surface area is 199 Å². The van der Waals surface area contributed by atoms with Crippen LogP contribution in [-0.2, 0) is 16.0 Å². The van der Waals surface area contributed by atoms with E-state index in [1.807, 2.05) is 0 Å². The summed E-state index contributed by atoms with van der Waals surface area (Å²) in [5, 5.41) is 20.3. The SMILES string of the molecule is C#CC[C@H](Cc1cnc2nc(N)nc(N)c2n1)c1ccc(C(=O)N[C@H](CCC(=O)O)C(=O)O)cc1. The quantitative estimate of drug-likeness (QED) is 0.260. The summed E-state index contributed by atoms with van der Waals surface area (Å²) in [5.41, 5.74) is 13.8. The van der Waals surface area contributed by atoms with Crippen molar-refractivity contribution in [2.75, 3.05) is 11.5 Å². The lowest BCUT2D eigenvalue weighted by Crippen LogP contribution is -2.41. The van der Waals surface area contributed by atoms with Crippen LogP contribution in [0.3, 0.4) is 0 Å². The monoisotopic (exact) mass is 477 g/mol. The molecule has 0 radical (unpaired) electrons. The minimum atomic E-state index is -1.31. The van der Waals surface area contributed by atoms with Crippen LogP contribution in [0.1, 0.15) is 46.8 Å². The predicted octanol–water partition coefficient (Wildman–Crippen LogP) is 0.982. The molecule has 0 spiro atoms. The van der Waals surface area contributed by atoms with Gasteiger partial charge < -0.3 is 27.0 Å². The number of nitrogens with one attached hydrogen (secondary N) is 1. The Morgan fingerprint density at radius 3 is 2.43 bits per heavy atom. The summed E-state index contributed by atoms with van der Waals surface area (Å²) in [4.78, 5) is 51.2. The van der Waals surface area contributed by atoms with Gasteiger partial charge in [-0.05, 0) is 30.5 Å². The molecule has 0 saturated heterocycles. The van der Waals surface area contributed by atoms with E-state index in [-0.39, 0.29) is 41.7 Å². The summed E-state index contributed by atoms with van der Waals surface area (Å²) in [7, 11) is 0. The molecule has 3 rings (SSSR count). The number of nitrogen functional groups attached to an aromatic ring is 2. The molecule has 0 unspecified atom stereocenters. The fraction of sp³-hybridized carbons (Fsp3) is 0.261. The molecule has 12 nitrogen and oxygen atoms in total. The number of nitrogens with two attached hydrogens (primary N) is 2. The number of carbonyl (C=O) groups excluding carboxylic acids is 1. The van der Waals surface area contributed by atoms with Gasteiger partial charge in [-0.3, -0.25) is 9.59 Å². The zero-order chi connectivity index (χ0) is 25.5. The molecule has 3 aromatic rings. The van der Waals surface area contributed by atoms with E-state index in [1.165, 1.54) is 0 Å². The van der Waals surface area contributed by atoms with Gasteiger partial charge in [0.2, 0.25) is 5.95 Å². The molecular weight excluding hydrogens is 454 g/mol. The van der Waals surface area contributed by atoms with E-state index in [4.69, 9.17) is 23.0 Å². The molecular formula is C23H23N7O5. The average molecular weight is 477 g/mol. The van der Waals surface area contributed by atoms with Gasteiger partial charge in [-0.25, -0.2) is 14.8 Å². The zero-order valence-electron chi connectivity index (χ0n) is 18.5. The minimum absolute atomic E-state index is 0.00273. The van der Waals surface area contributed by atoms with Crippen molar-refractivity contribution in [2.45, 2.75) is 37.6 Å². The number of carboxylic acid groups (broad SMARTS) is 2. The third kappa shape index (κ3) is 6.38. The van der Waals surface area contributed by atoms with Gasteiger partial charge in [0.25, 0.3) is 5.91 Å². The summed E-state index contributed by atoms with van der Waals surface area (Å²) in [5.74, 6) is -0.479. The van der Waals surface area contributed by atoms with Crippen LogP contribution in [0, 0.1) is 12.3 Å². The third-order valence-corrected chi connectivity index (χ3v) is 5.22. The molecule has 12 heteroatoms. The highest BCUT2D eigenvalue weighted by molar-refractivity contribution is 5.96. The van der Waals surface area contributed by atoms with E-state index in [9.17, 15) is 19.5 Å². The first-order chi connectivity index (χ1) is 16.7. The van der Waals surface area contributed by atoms with Gasteiger partial charge in [0.15, 0.2) is 17.0 Å². The van der Waals surface area contributed by atoms with E-state index in [0.717, 1.165) is 5.56 Å². The van der Waals surface area contributed by atoms with Gasteiger partial charge in [0.05, 0.1) is 11.9 Å². The topological polar surface area (TPSA) is 207 Å². The molecule has 2 atom stereocenters. The number of hydrogen-bond donors (Lipinski definition) is 5. The minimum Gasteiger partial charge on any atom is -0.481 e. The van der Waals surface area contributed by atoms with Crippen LogP contribution >= 0.6 is 0 Å². The normalized spacial score (nSPS) is 12.4. The van der Waals surface area contributed by atoms with Crippen molar-refractivity contribution >= 4 is 40.8 Å². The molecule has 0 saturated carbocycles. The first kappa shape index (κ1) is 24.8. The smallest absolute Gasteiger partial charge is 0.326 e. The Bertz CT molecular complexity index is 1300. The zero-order valence-corrected chi connectivity index (χ0v) is 18.5. The molecule has 0 aliphatic heterocycles. The highest BCUT2D eigenvalue weighted by Crippen LogP contribution is 2.25. The van der Waals surface area contributed by atoms with Gasteiger partial charge in [0.1, 0.15) is 6.04 Å². The Balaban J connectivity index is 1.76. The van der Waals surface area contributed by atoms with Crippen LogP contribution in [0.2, 0.25) is 0 Å². The van der Waals surface area contributed by atoms with Crippen LogP contribution < -0.4 is 16.8 Å². The van der Waals surface area contributed by atoms with Crippen molar-refractivity contribution in [3.63, 3.8) is 0 Å². The molecule has 0 aliphatic carbocycles. The maximum absolute atomic E-state index is 12.5. The van der Waals surface area contributed by atoms with Crippen LogP contribution in [-0.4, -0.2) is 54.0 Å². The predicted molar refractivity (Wildman–Crippen MR) is 126 cm³/mol. The van der Waals surface area contributed by atoms with E-state index in [2.05, 4.69) is 31.2 Å². The summed E-state index contributed by atoms with van der Waals surface area (Å²) in [6, 6.07) is 5.22. The summed E-state index contributed by atoms with van der Waals surface area (Å²) >= 11 is 0. The number of hydrogen-bond acceptors (Lipinski definition) is 9. The Kier molecular flexibility index (Phi) is 7.73. The van der Waals surface area contributed by atoms with Gasteiger partial charge in [-0.15, -0.1) is 12.3 Å². The standard InChI is InChI=1S/C23H23N7O5/c1-2-3-14(10-15-11-26-20-18(27-15)19(24)29-23(25)30-20)12-4-6-13(7-5-12)21(33)28-16(22(34)35)8-9-17(31)32/h1,4-7,11,14,16H,3,8-10H2,(H,28,33)(H,31,32)(H,34,35)(H4,24,25,26,29,30)/t14-,16-/m1/s1. The Morgan fingerprint density at radius 2 is 1.80 bits per heavy atom. The molecule has 7 N–H and O–H groups in total.